The molecule has 3 aromatic carbocycles. The highest BCUT2D eigenvalue weighted by molar-refractivity contribution is 7.98. The van der Waals surface area contributed by atoms with Gasteiger partial charge in [0, 0.05) is 18.2 Å². The first kappa shape index (κ1) is 24.8. The Labute approximate surface area is 221 Å². The Balaban J connectivity index is 1.17. The number of hydrogen-bond donors (Lipinski definition) is 3. The Morgan fingerprint density at radius 1 is 0.838 bits per heavy atom. The molecule has 7 heteroatoms. The van der Waals surface area contributed by atoms with Crippen molar-refractivity contribution in [1.29, 1.82) is 0 Å². The average molecular weight is 510 g/mol. The highest BCUT2D eigenvalue weighted by atomic mass is 32.2. The molecule has 3 N–H and O–H groups in total. The van der Waals surface area contributed by atoms with E-state index in [1.165, 1.54) is 28.5 Å². The van der Waals surface area contributed by atoms with Gasteiger partial charge in [-0.3, -0.25) is 5.10 Å². The molecular weight excluding hydrogens is 478 g/mol. The molecule has 0 spiro atoms. The summed E-state index contributed by atoms with van der Waals surface area (Å²) in [6, 6.07) is 30.1. The number of aryl methyl sites for hydroxylation is 1. The molecule has 0 aliphatic rings. The van der Waals surface area contributed by atoms with E-state index < -0.39 is 0 Å². The van der Waals surface area contributed by atoms with E-state index >= 15 is 0 Å². The SMILES string of the molecule is CSc1nc(O)c2c(CCCCCNc3cccc(C(c4ccccc4)c4ccccc4)c3)n[nH]c2n1. The second kappa shape index (κ2) is 11.9. The molecule has 0 fully saturated rings. The van der Waals surface area contributed by atoms with E-state index in [0.29, 0.717) is 16.2 Å². The molecule has 6 nitrogen and oxygen atoms in total. The van der Waals surface area contributed by atoms with Gasteiger partial charge in [-0.15, -0.1) is 0 Å². The maximum absolute atomic E-state index is 10.3. The summed E-state index contributed by atoms with van der Waals surface area (Å²) in [6.45, 7) is 0.900. The summed E-state index contributed by atoms with van der Waals surface area (Å²) in [6.07, 6.45) is 5.75. The number of thioether (sulfide) groups is 1. The van der Waals surface area contributed by atoms with Crippen LogP contribution < -0.4 is 5.32 Å². The highest BCUT2D eigenvalue weighted by Gasteiger charge is 2.17. The number of anilines is 1. The van der Waals surface area contributed by atoms with Crippen LogP contribution in [0.25, 0.3) is 11.0 Å². The molecule has 0 bridgehead atoms. The topological polar surface area (TPSA) is 86.7 Å². The predicted octanol–water partition coefficient (Wildman–Crippen LogP) is 6.79. The number of aromatic hydroxyl groups is 1. The van der Waals surface area contributed by atoms with Crippen LogP contribution in [0.5, 0.6) is 5.88 Å². The first-order valence-corrected chi connectivity index (χ1v) is 13.9. The third-order valence-electron chi connectivity index (χ3n) is 6.54. The number of hydrogen-bond acceptors (Lipinski definition) is 6. The zero-order chi connectivity index (χ0) is 25.5. The largest absolute Gasteiger partial charge is 0.493 e. The van der Waals surface area contributed by atoms with Crippen molar-refractivity contribution in [2.45, 2.75) is 36.8 Å². The summed E-state index contributed by atoms with van der Waals surface area (Å²) >= 11 is 1.40. The first-order valence-electron chi connectivity index (χ1n) is 12.6. The molecule has 5 aromatic rings. The lowest BCUT2D eigenvalue weighted by Gasteiger charge is -2.20. The van der Waals surface area contributed by atoms with Crippen molar-refractivity contribution in [2.75, 3.05) is 18.1 Å². The van der Waals surface area contributed by atoms with E-state index in [4.69, 9.17) is 0 Å². The lowest BCUT2D eigenvalue weighted by Crippen LogP contribution is -2.06. The van der Waals surface area contributed by atoms with Crippen molar-refractivity contribution in [2.24, 2.45) is 0 Å². The van der Waals surface area contributed by atoms with Gasteiger partial charge in [-0.25, -0.2) is 4.98 Å². The van der Waals surface area contributed by atoms with Crippen molar-refractivity contribution < 1.29 is 5.11 Å². The molecular formula is C30H31N5OS. The van der Waals surface area contributed by atoms with Gasteiger partial charge in [0.2, 0.25) is 5.88 Å². The van der Waals surface area contributed by atoms with Gasteiger partial charge in [0.25, 0.3) is 0 Å². The molecule has 0 radical (unpaired) electrons. The molecule has 0 aliphatic heterocycles. The molecule has 0 aliphatic carbocycles. The number of fused-ring (bicyclic) bond motifs is 1. The van der Waals surface area contributed by atoms with Crippen molar-refractivity contribution in [3.63, 3.8) is 0 Å². The summed E-state index contributed by atoms with van der Waals surface area (Å²) in [5.41, 5.74) is 6.42. The van der Waals surface area contributed by atoms with Gasteiger partial charge in [-0.1, -0.05) is 91.0 Å². The normalized spacial score (nSPS) is 11.3. The van der Waals surface area contributed by atoms with Crippen molar-refractivity contribution >= 4 is 28.5 Å². The smallest absolute Gasteiger partial charge is 0.226 e. The number of aromatic amines is 1. The molecule has 0 saturated carbocycles. The van der Waals surface area contributed by atoms with Crippen LogP contribution in [-0.4, -0.2) is 38.1 Å². The Hall–Kier alpha value is -3.84. The highest BCUT2D eigenvalue weighted by Crippen LogP contribution is 2.33. The Bertz CT molecular complexity index is 1400. The fourth-order valence-electron chi connectivity index (χ4n) is 4.75. The lowest BCUT2D eigenvalue weighted by atomic mass is 9.85. The average Bonchev–Trinajstić information content (AvgIpc) is 3.35. The number of nitrogens with one attached hydrogen (secondary N) is 2. The lowest BCUT2D eigenvalue weighted by molar-refractivity contribution is 0.453. The first-order chi connectivity index (χ1) is 18.2. The van der Waals surface area contributed by atoms with E-state index in [1.807, 2.05) is 6.26 Å². The number of unbranched alkanes of at least 4 members (excludes halogenated alkanes) is 2. The molecule has 37 heavy (non-hydrogen) atoms. The van der Waals surface area contributed by atoms with Gasteiger partial charge in [-0.05, 0) is 54.3 Å². The quantitative estimate of drug-likeness (QED) is 0.0787. The fourth-order valence-corrected chi connectivity index (χ4v) is 5.11. The van der Waals surface area contributed by atoms with Crippen LogP contribution in [0, 0.1) is 0 Å². The van der Waals surface area contributed by atoms with Crippen molar-refractivity contribution in [3.05, 3.63) is 107 Å². The molecule has 2 aromatic heterocycles. The summed E-state index contributed by atoms with van der Waals surface area (Å²) in [5.74, 6) is 0.198. The maximum atomic E-state index is 10.3. The van der Waals surface area contributed by atoms with Gasteiger partial charge in [0.15, 0.2) is 10.8 Å². The van der Waals surface area contributed by atoms with Gasteiger partial charge in [0.05, 0.1) is 5.69 Å². The molecule has 0 atom stereocenters. The summed E-state index contributed by atoms with van der Waals surface area (Å²) in [5, 5.41) is 22.4. The molecule has 2 heterocycles. The standard InChI is InChI=1S/C30H31N5OS/c1-37-30-32-28-27(29(36)33-30)25(34-35-28)18-9-4-10-19-31-24-17-11-16-23(20-24)26(21-12-5-2-6-13-21)22-14-7-3-8-15-22/h2-3,5-8,11-17,20,26,31H,4,9-10,18-19H2,1H3,(H2,32,33,34,35,36). The van der Waals surface area contributed by atoms with Crippen LogP contribution >= 0.6 is 11.8 Å². The third-order valence-corrected chi connectivity index (χ3v) is 7.09. The van der Waals surface area contributed by atoms with Crippen molar-refractivity contribution in [1.82, 2.24) is 20.2 Å². The molecule has 0 saturated heterocycles. The van der Waals surface area contributed by atoms with Crippen LogP contribution in [0.1, 0.15) is 47.6 Å². The molecule has 0 unspecified atom stereocenters. The van der Waals surface area contributed by atoms with Crippen LogP contribution in [0.4, 0.5) is 5.69 Å². The Kier molecular flexibility index (Phi) is 8.01. The maximum Gasteiger partial charge on any atom is 0.226 e. The van der Waals surface area contributed by atoms with Gasteiger partial charge < -0.3 is 10.4 Å². The van der Waals surface area contributed by atoms with E-state index in [-0.39, 0.29) is 11.8 Å². The van der Waals surface area contributed by atoms with Crippen LogP contribution in [-0.2, 0) is 6.42 Å². The monoisotopic (exact) mass is 509 g/mol. The number of H-pyrrole nitrogens is 1. The summed E-state index contributed by atoms with van der Waals surface area (Å²) in [7, 11) is 0. The second-order valence-corrected chi connectivity index (χ2v) is 9.82. The minimum Gasteiger partial charge on any atom is -0.493 e. The van der Waals surface area contributed by atoms with Gasteiger partial charge in [-0.2, -0.15) is 10.1 Å². The minimum atomic E-state index is 0.00366. The second-order valence-electron chi connectivity index (χ2n) is 9.05. The molecule has 188 valence electrons. The van der Waals surface area contributed by atoms with Crippen LogP contribution in [0.2, 0.25) is 0 Å². The predicted molar refractivity (Wildman–Crippen MR) is 151 cm³/mol. The fraction of sp³-hybridized carbons (Fsp3) is 0.233. The summed E-state index contributed by atoms with van der Waals surface area (Å²) < 4.78 is 0. The van der Waals surface area contributed by atoms with Gasteiger partial charge in [0.1, 0.15) is 5.39 Å². The van der Waals surface area contributed by atoms with E-state index in [2.05, 4.69) is 110 Å². The zero-order valence-electron chi connectivity index (χ0n) is 20.9. The number of benzene rings is 3. The van der Waals surface area contributed by atoms with E-state index in [1.54, 1.807) is 0 Å². The third kappa shape index (κ3) is 5.94. The van der Waals surface area contributed by atoms with Crippen LogP contribution in [0.3, 0.4) is 0 Å². The zero-order valence-corrected chi connectivity index (χ0v) is 21.7. The molecule has 0 amide bonds. The van der Waals surface area contributed by atoms with E-state index in [0.717, 1.165) is 43.6 Å². The number of rotatable bonds is 11. The number of aromatic nitrogens is 4. The van der Waals surface area contributed by atoms with E-state index in [9.17, 15) is 5.11 Å². The van der Waals surface area contributed by atoms with Crippen molar-refractivity contribution in [3.8, 4) is 5.88 Å². The Morgan fingerprint density at radius 2 is 1.54 bits per heavy atom. The number of nitrogens with zero attached hydrogens (tertiary/aromatic N) is 3. The minimum absolute atomic E-state index is 0.00366. The van der Waals surface area contributed by atoms with Crippen LogP contribution in [0.15, 0.2) is 90.1 Å². The summed E-state index contributed by atoms with van der Waals surface area (Å²) in [4.78, 5) is 8.53. The van der Waals surface area contributed by atoms with Gasteiger partial charge >= 0.3 is 0 Å². The molecule has 5 rings (SSSR count). The Morgan fingerprint density at radius 3 is 2.24 bits per heavy atom.